The summed E-state index contributed by atoms with van der Waals surface area (Å²) in [5, 5.41) is 10.3. The Morgan fingerprint density at radius 3 is 2.34 bits per heavy atom. The number of aliphatic hydroxyl groups is 1. The van der Waals surface area contributed by atoms with Crippen LogP contribution in [-0.4, -0.2) is 60.0 Å². The molecule has 0 unspecified atom stereocenters. The highest BCUT2D eigenvalue weighted by Crippen LogP contribution is 2.36. The molecule has 11 heteroatoms. The lowest BCUT2D eigenvalue weighted by Crippen LogP contribution is -2.54. The van der Waals surface area contributed by atoms with E-state index in [1.165, 1.54) is 39.0 Å². The summed E-state index contributed by atoms with van der Waals surface area (Å²) in [5.41, 5.74) is -4.33. The lowest BCUT2D eigenvalue weighted by molar-refractivity contribution is -0.149. The van der Waals surface area contributed by atoms with Crippen molar-refractivity contribution in [2.45, 2.75) is 57.5 Å². The van der Waals surface area contributed by atoms with Gasteiger partial charge < -0.3 is 10.0 Å². The number of hydrogen-bond donors (Lipinski definition) is 2. The van der Waals surface area contributed by atoms with Gasteiger partial charge in [-0.2, -0.15) is 0 Å². The van der Waals surface area contributed by atoms with E-state index >= 15 is 8.78 Å². The van der Waals surface area contributed by atoms with E-state index in [9.17, 15) is 27.1 Å². The quantitative estimate of drug-likeness (QED) is 0.553. The van der Waals surface area contributed by atoms with Crippen molar-refractivity contribution in [2.24, 2.45) is 0 Å². The second-order valence-electron chi connectivity index (χ2n) is 9.48. The summed E-state index contributed by atoms with van der Waals surface area (Å²) in [6, 6.07) is 4.05. The van der Waals surface area contributed by atoms with Gasteiger partial charge in [0.25, 0.3) is 5.91 Å². The molecule has 3 rings (SSSR count). The maximum Gasteiger partial charge on any atom is 0.254 e. The number of carbonyl (C=O) groups is 1. The minimum Gasteiger partial charge on any atom is -0.381 e. The predicted molar refractivity (Wildman–Crippen MR) is 123 cm³/mol. The maximum absolute atomic E-state index is 15.6. The predicted octanol–water partition coefficient (Wildman–Crippen LogP) is 3.33. The van der Waals surface area contributed by atoms with Gasteiger partial charge in [-0.05, 0) is 57.4 Å². The zero-order valence-corrected chi connectivity index (χ0v) is 20.6. The van der Waals surface area contributed by atoms with Crippen LogP contribution in [0.2, 0.25) is 0 Å². The molecule has 2 aromatic rings. The molecule has 2 aromatic carbocycles. The fraction of sp³-hybridized carbons (Fsp3) is 0.458. The summed E-state index contributed by atoms with van der Waals surface area (Å²) in [7, 11) is -3.92. The zero-order chi connectivity index (χ0) is 26.3. The Morgan fingerprint density at radius 2 is 1.80 bits per heavy atom. The molecule has 1 amide bonds. The van der Waals surface area contributed by atoms with Gasteiger partial charge in [-0.1, -0.05) is 18.2 Å². The topological polar surface area (TPSA) is 86.7 Å². The second kappa shape index (κ2) is 9.51. The lowest BCUT2D eigenvalue weighted by Gasteiger charge is -2.32. The first-order valence-corrected chi connectivity index (χ1v) is 12.7. The Bertz CT molecular complexity index is 1210. The largest absolute Gasteiger partial charge is 0.381 e. The highest BCUT2D eigenvalue weighted by Gasteiger charge is 2.55. The molecule has 6 nitrogen and oxygen atoms in total. The van der Waals surface area contributed by atoms with Crippen LogP contribution in [0.3, 0.4) is 0 Å². The Balaban J connectivity index is 2.08. The van der Waals surface area contributed by atoms with Gasteiger partial charge >= 0.3 is 0 Å². The number of sulfonamides is 1. The van der Waals surface area contributed by atoms with Crippen molar-refractivity contribution in [2.75, 3.05) is 12.3 Å². The molecule has 0 bridgehead atoms. The van der Waals surface area contributed by atoms with Gasteiger partial charge in [0.15, 0.2) is 0 Å². The van der Waals surface area contributed by atoms with Crippen LogP contribution in [0.4, 0.5) is 17.6 Å². The average Bonchev–Trinajstić information content (AvgIpc) is 2.97. The molecule has 192 valence electrons. The molecule has 0 aliphatic carbocycles. The fourth-order valence-electron chi connectivity index (χ4n) is 4.30. The van der Waals surface area contributed by atoms with Gasteiger partial charge in [0.1, 0.15) is 28.7 Å². The van der Waals surface area contributed by atoms with Crippen LogP contribution < -0.4 is 4.72 Å². The van der Waals surface area contributed by atoms with Crippen LogP contribution in [0.15, 0.2) is 36.4 Å². The summed E-state index contributed by atoms with van der Waals surface area (Å²) in [6.07, 6.45) is -0.324. The SMILES string of the molecule is CCS(=O)(=O)N[C@@H]1[C@H](Cc2cccc(-c3cc(F)cc(F)c3)c2F)N(C(=O)C(C)(C)O)C[C@@]1(C)F. The average molecular weight is 517 g/mol. The maximum atomic E-state index is 15.6. The molecular weight excluding hydrogens is 488 g/mol. The van der Waals surface area contributed by atoms with Crippen LogP contribution in [-0.2, 0) is 21.2 Å². The summed E-state index contributed by atoms with van der Waals surface area (Å²) < 4.78 is 85.5. The first-order chi connectivity index (χ1) is 16.1. The second-order valence-corrected chi connectivity index (χ2v) is 11.5. The van der Waals surface area contributed by atoms with Crippen LogP contribution in [0.5, 0.6) is 0 Å². The monoisotopic (exact) mass is 516 g/mol. The highest BCUT2D eigenvalue weighted by atomic mass is 32.2. The molecule has 35 heavy (non-hydrogen) atoms. The molecule has 0 aromatic heterocycles. The van der Waals surface area contributed by atoms with Gasteiger partial charge in [-0.15, -0.1) is 0 Å². The summed E-state index contributed by atoms with van der Waals surface area (Å²) in [5.74, 6) is -3.85. The molecule has 1 aliphatic rings. The molecule has 1 heterocycles. The first-order valence-electron chi connectivity index (χ1n) is 11.0. The molecular formula is C24H28F4N2O4S. The third-order valence-electron chi connectivity index (χ3n) is 6.07. The Labute approximate surface area is 202 Å². The third kappa shape index (κ3) is 5.84. The minimum absolute atomic E-state index is 0.0240. The number of likely N-dealkylation sites (tertiary alicyclic amines) is 1. The number of nitrogens with zero attached hydrogens (tertiary/aromatic N) is 1. The number of halogens is 4. The number of amides is 1. The minimum atomic E-state index is -3.92. The van der Waals surface area contributed by atoms with Crippen LogP contribution in [0.1, 0.15) is 33.3 Å². The van der Waals surface area contributed by atoms with Gasteiger partial charge in [0.05, 0.1) is 24.4 Å². The first kappa shape index (κ1) is 27.1. The van der Waals surface area contributed by atoms with Crippen molar-refractivity contribution in [3.8, 4) is 11.1 Å². The van der Waals surface area contributed by atoms with E-state index in [1.54, 1.807) is 0 Å². The molecule has 2 N–H and O–H groups in total. The number of rotatable bonds is 7. The standard InChI is InChI=1S/C24H28F4N2O4S/c1-5-35(33,34)29-21-19(30(13-24(21,4)28)22(31)23(2,3)32)11-14-7-6-8-18(20(14)27)15-9-16(25)12-17(26)10-15/h6-10,12,19,21,29,32H,5,11,13H2,1-4H3/t19-,21+,24+/m0/s1. The van der Waals surface area contributed by atoms with E-state index in [2.05, 4.69) is 4.72 Å². The van der Waals surface area contributed by atoms with Gasteiger partial charge in [-0.25, -0.2) is 30.7 Å². The third-order valence-corrected chi connectivity index (χ3v) is 7.44. The van der Waals surface area contributed by atoms with Crippen LogP contribution in [0.25, 0.3) is 11.1 Å². The van der Waals surface area contributed by atoms with Crippen LogP contribution >= 0.6 is 0 Å². The van der Waals surface area contributed by atoms with Gasteiger partial charge in [0, 0.05) is 11.6 Å². The number of carbonyl (C=O) groups excluding carboxylic acids is 1. The van der Waals surface area contributed by atoms with Crippen molar-refractivity contribution in [3.05, 3.63) is 59.4 Å². The van der Waals surface area contributed by atoms with E-state index in [1.807, 2.05) is 0 Å². The summed E-state index contributed by atoms with van der Waals surface area (Å²) >= 11 is 0. The molecule has 1 fully saturated rings. The highest BCUT2D eigenvalue weighted by molar-refractivity contribution is 7.89. The van der Waals surface area contributed by atoms with Gasteiger partial charge in [0.2, 0.25) is 10.0 Å². The number of alkyl halides is 1. The van der Waals surface area contributed by atoms with E-state index in [-0.39, 0.29) is 28.9 Å². The number of benzene rings is 2. The van der Waals surface area contributed by atoms with Crippen molar-refractivity contribution < 1.29 is 35.9 Å². The molecule has 1 aliphatic heterocycles. The van der Waals surface area contributed by atoms with E-state index in [4.69, 9.17) is 0 Å². The lowest BCUT2D eigenvalue weighted by atomic mass is 9.92. The Kier molecular flexibility index (Phi) is 7.36. The number of hydrogen-bond acceptors (Lipinski definition) is 4. The van der Waals surface area contributed by atoms with Crippen molar-refractivity contribution in [1.29, 1.82) is 0 Å². The summed E-state index contributed by atoms with van der Waals surface area (Å²) in [6.45, 7) is 4.38. The molecule has 0 spiro atoms. The van der Waals surface area contributed by atoms with Crippen molar-refractivity contribution in [1.82, 2.24) is 9.62 Å². The molecule has 0 saturated carbocycles. The summed E-state index contributed by atoms with van der Waals surface area (Å²) in [4.78, 5) is 13.9. The van der Waals surface area contributed by atoms with E-state index in [0.29, 0.717) is 6.07 Å². The zero-order valence-electron chi connectivity index (χ0n) is 19.8. The van der Waals surface area contributed by atoms with E-state index in [0.717, 1.165) is 24.0 Å². The molecule has 3 atom stereocenters. The molecule has 1 saturated heterocycles. The smallest absolute Gasteiger partial charge is 0.254 e. The Morgan fingerprint density at radius 1 is 1.20 bits per heavy atom. The van der Waals surface area contributed by atoms with Crippen molar-refractivity contribution >= 4 is 15.9 Å². The van der Waals surface area contributed by atoms with E-state index < -0.39 is 63.3 Å². The van der Waals surface area contributed by atoms with Crippen molar-refractivity contribution in [3.63, 3.8) is 0 Å². The fourth-order valence-corrected chi connectivity index (χ4v) is 5.26. The normalized spacial score (nSPS) is 23.1. The van der Waals surface area contributed by atoms with Crippen LogP contribution in [0, 0.1) is 17.5 Å². The van der Waals surface area contributed by atoms with Gasteiger partial charge in [-0.3, -0.25) is 4.79 Å². The molecule has 0 radical (unpaired) electrons. The Hall–Kier alpha value is -2.50. The number of nitrogens with one attached hydrogen (secondary N) is 1.